The molecule has 0 heterocycles. The molecule has 0 aliphatic rings. The SMILES string of the molecule is CCOC(=O)CC(C(C)=O)(C(=O)OCC)c1ccc([N+](=O)[O-])c(NC)c1C#N. The zero-order valence-corrected chi connectivity index (χ0v) is 16.0. The van der Waals surface area contributed by atoms with E-state index in [1.807, 2.05) is 0 Å². The van der Waals surface area contributed by atoms with E-state index in [0.29, 0.717) is 0 Å². The van der Waals surface area contributed by atoms with Crippen LogP contribution in [-0.2, 0) is 29.3 Å². The van der Waals surface area contributed by atoms with Crippen LogP contribution in [0, 0.1) is 21.4 Å². The molecule has 0 radical (unpaired) electrons. The molecule has 150 valence electrons. The molecule has 0 aliphatic carbocycles. The number of hydrogen-bond donors (Lipinski definition) is 1. The highest BCUT2D eigenvalue weighted by molar-refractivity contribution is 6.12. The maximum atomic E-state index is 12.8. The number of Topliss-reactive ketones (excluding diaryl/α,β-unsaturated/α-hetero) is 1. The number of esters is 2. The zero-order valence-electron chi connectivity index (χ0n) is 16.0. The van der Waals surface area contributed by atoms with Crippen LogP contribution < -0.4 is 5.32 Å². The van der Waals surface area contributed by atoms with Crippen molar-refractivity contribution in [2.24, 2.45) is 0 Å². The number of nitrogens with one attached hydrogen (secondary N) is 1. The molecule has 10 heteroatoms. The Kier molecular flexibility index (Phi) is 7.62. The molecule has 0 saturated carbocycles. The highest BCUT2D eigenvalue weighted by Gasteiger charge is 2.51. The summed E-state index contributed by atoms with van der Waals surface area (Å²) in [5.74, 6) is -2.65. The normalized spacial score (nSPS) is 12.2. The first kappa shape index (κ1) is 22.6. The van der Waals surface area contributed by atoms with Gasteiger partial charge in [0.2, 0.25) is 0 Å². The highest BCUT2D eigenvalue weighted by Crippen LogP contribution is 2.40. The number of rotatable bonds is 9. The fraction of sp³-hybridized carbons (Fsp3) is 0.444. The lowest BCUT2D eigenvalue weighted by Gasteiger charge is -2.29. The van der Waals surface area contributed by atoms with Crippen molar-refractivity contribution in [2.75, 3.05) is 25.6 Å². The summed E-state index contributed by atoms with van der Waals surface area (Å²) in [5.41, 5.74) is -3.23. The lowest BCUT2D eigenvalue weighted by atomic mass is 9.72. The minimum absolute atomic E-state index is 0.0166. The molecule has 1 aromatic rings. The second-order valence-corrected chi connectivity index (χ2v) is 5.66. The Morgan fingerprint density at radius 1 is 1.25 bits per heavy atom. The van der Waals surface area contributed by atoms with Crippen molar-refractivity contribution >= 4 is 29.1 Å². The molecule has 0 amide bonds. The Labute approximate surface area is 161 Å². The summed E-state index contributed by atoms with van der Waals surface area (Å²) in [4.78, 5) is 48.2. The number of nitrogens with zero attached hydrogens (tertiary/aromatic N) is 2. The lowest BCUT2D eigenvalue weighted by Crippen LogP contribution is -2.46. The summed E-state index contributed by atoms with van der Waals surface area (Å²) in [5, 5.41) is 23.5. The molecular formula is C18H21N3O7. The molecule has 28 heavy (non-hydrogen) atoms. The van der Waals surface area contributed by atoms with Gasteiger partial charge in [-0.25, -0.2) is 0 Å². The van der Waals surface area contributed by atoms with E-state index in [1.54, 1.807) is 13.0 Å². The number of anilines is 1. The molecule has 0 aliphatic heterocycles. The van der Waals surface area contributed by atoms with E-state index in [1.165, 1.54) is 14.0 Å². The van der Waals surface area contributed by atoms with Gasteiger partial charge in [-0.2, -0.15) is 5.26 Å². The number of nitriles is 1. The maximum Gasteiger partial charge on any atom is 0.324 e. The molecule has 0 fully saturated rings. The van der Waals surface area contributed by atoms with E-state index in [0.717, 1.165) is 19.1 Å². The molecular weight excluding hydrogens is 370 g/mol. The number of carbonyl (C=O) groups is 3. The van der Waals surface area contributed by atoms with Crippen LogP contribution in [0.2, 0.25) is 0 Å². The zero-order chi connectivity index (χ0) is 21.5. The fourth-order valence-corrected chi connectivity index (χ4v) is 2.89. The standard InChI is InChI=1S/C18H21N3O7/c1-5-27-15(23)9-18(11(3)22,17(24)28-6-2)13-7-8-14(21(25)26)16(20-4)12(13)10-19/h7-8,20H,5-6,9H2,1-4H3. The van der Waals surface area contributed by atoms with Crippen molar-refractivity contribution < 1.29 is 28.8 Å². The van der Waals surface area contributed by atoms with Crippen molar-refractivity contribution in [3.05, 3.63) is 33.4 Å². The predicted octanol–water partition coefficient (Wildman–Crippen LogP) is 1.85. The van der Waals surface area contributed by atoms with Crippen molar-refractivity contribution in [2.45, 2.75) is 32.6 Å². The Morgan fingerprint density at radius 3 is 2.29 bits per heavy atom. The fourth-order valence-electron chi connectivity index (χ4n) is 2.89. The van der Waals surface area contributed by atoms with Crippen molar-refractivity contribution in [3.63, 3.8) is 0 Å². The van der Waals surface area contributed by atoms with Gasteiger partial charge in [0.25, 0.3) is 5.69 Å². The first-order valence-corrected chi connectivity index (χ1v) is 8.44. The third-order valence-electron chi connectivity index (χ3n) is 4.14. The molecule has 10 nitrogen and oxygen atoms in total. The third kappa shape index (κ3) is 4.09. The number of benzene rings is 1. The van der Waals surface area contributed by atoms with Crippen LogP contribution in [0.3, 0.4) is 0 Å². The summed E-state index contributed by atoms with van der Waals surface area (Å²) in [7, 11) is 1.36. The third-order valence-corrected chi connectivity index (χ3v) is 4.14. The van der Waals surface area contributed by atoms with Crippen LogP contribution in [0.4, 0.5) is 11.4 Å². The van der Waals surface area contributed by atoms with E-state index in [4.69, 9.17) is 9.47 Å². The molecule has 1 unspecified atom stereocenters. The van der Waals surface area contributed by atoms with Gasteiger partial charge in [-0.3, -0.25) is 24.5 Å². The number of ketones is 1. The number of carbonyl (C=O) groups excluding carboxylic acids is 3. The Morgan fingerprint density at radius 2 is 1.86 bits per heavy atom. The minimum atomic E-state index is -2.17. The van der Waals surface area contributed by atoms with Gasteiger partial charge in [0.05, 0.1) is 30.1 Å². The quantitative estimate of drug-likeness (QED) is 0.288. The van der Waals surface area contributed by atoms with E-state index in [2.05, 4.69) is 5.32 Å². The second-order valence-electron chi connectivity index (χ2n) is 5.66. The Hall–Kier alpha value is -3.48. The Balaban J connectivity index is 3.91. The summed E-state index contributed by atoms with van der Waals surface area (Å²) in [6.45, 7) is 4.10. The van der Waals surface area contributed by atoms with Crippen molar-refractivity contribution in [3.8, 4) is 6.07 Å². The van der Waals surface area contributed by atoms with Gasteiger partial charge in [0.15, 0.2) is 11.2 Å². The van der Waals surface area contributed by atoms with Gasteiger partial charge in [-0.15, -0.1) is 0 Å². The van der Waals surface area contributed by atoms with E-state index < -0.39 is 40.2 Å². The summed E-state index contributed by atoms with van der Waals surface area (Å²) >= 11 is 0. The lowest BCUT2D eigenvalue weighted by molar-refractivity contribution is -0.384. The van der Waals surface area contributed by atoms with E-state index >= 15 is 0 Å². The second kappa shape index (κ2) is 9.45. The van der Waals surface area contributed by atoms with E-state index in [9.17, 15) is 29.8 Å². The number of nitro groups is 1. The van der Waals surface area contributed by atoms with Crippen LogP contribution in [0.15, 0.2) is 12.1 Å². The van der Waals surface area contributed by atoms with Gasteiger partial charge in [0.1, 0.15) is 11.8 Å². The van der Waals surface area contributed by atoms with E-state index in [-0.39, 0.29) is 30.0 Å². The molecule has 0 spiro atoms. The number of nitro benzene ring substituents is 1. The minimum Gasteiger partial charge on any atom is -0.466 e. The van der Waals surface area contributed by atoms with Gasteiger partial charge >= 0.3 is 11.9 Å². The molecule has 1 rings (SSSR count). The van der Waals surface area contributed by atoms with Gasteiger partial charge in [-0.05, 0) is 32.4 Å². The first-order chi connectivity index (χ1) is 13.2. The molecule has 1 aromatic carbocycles. The molecule has 0 saturated heterocycles. The molecule has 0 bridgehead atoms. The molecule has 0 aromatic heterocycles. The van der Waals surface area contributed by atoms with Crippen LogP contribution in [0.5, 0.6) is 0 Å². The van der Waals surface area contributed by atoms with Crippen LogP contribution in [0.1, 0.15) is 38.3 Å². The van der Waals surface area contributed by atoms with Gasteiger partial charge in [0, 0.05) is 13.1 Å². The summed E-state index contributed by atoms with van der Waals surface area (Å²) < 4.78 is 9.91. The van der Waals surface area contributed by atoms with Crippen molar-refractivity contribution in [1.29, 1.82) is 5.26 Å². The highest BCUT2D eigenvalue weighted by atomic mass is 16.6. The van der Waals surface area contributed by atoms with Gasteiger partial charge in [-0.1, -0.05) is 0 Å². The molecule has 1 N–H and O–H groups in total. The summed E-state index contributed by atoms with van der Waals surface area (Å²) in [6, 6.07) is 3.97. The first-order valence-electron chi connectivity index (χ1n) is 8.44. The molecule has 1 atom stereocenters. The van der Waals surface area contributed by atoms with Crippen LogP contribution >= 0.6 is 0 Å². The number of ether oxygens (including phenoxy) is 2. The number of hydrogen-bond acceptors (Lipinski definition) is 9. The average molecular weight is 391 g/mol. The topological polar surface area (TPSA) is 149 Å². The van der Waals surface area contributed by atoms with Gasteiger partial charge < -0.3 is 14.8 Å². The predicted molar refractivity (Wildman–Crippen MR) is 97.6 cm³/mol. The average Bonchev–Trinajstić information content (AvgIpc) is 2.64. The smallest absolute Gasteiger partial charge is 0.324 e. The largest absolute Gasteiger partial charge is 0.466 e. The van der Waals surface area contributed by atoms with Crippen LogP contribution in [-0.4, -0.2) is 42.9 Å². The maximum absolute atomic E-state index is 12.8. The summed E-state index contributed by atoms with van der Waals surface area (Å²) in [6.07, 6.45) is -0.704. The monoisotopic (exact) mass is 391 g/mol. The van der Waals surface area contributed by atoms with Crippen molar-refractivity contribution in [1.82, 2.24) is 0 Å². The Bertz CT molecular complexity index is 844. The van der Waals surface area contributed by atoms with Crippen LogP contribution in [0.25, 0.3) is 0 Å².